The summed E-state index contributed by atoms with van der Waals surface area (Å²) in [5, 5.41) is 2.34. The van der Waals surface area contributed by atoms with Gasteiger partial charge in [-0.05, 0) is 25.0 Å². The van der Waals surface area contributed by atoms with Crippen LogP contribution in [0, 0.1) is 6.92 Å². The number of para-hydroxylation sites is 1. The van der Waals surface area contributed by atoms with Gasteiger partial charge in [0.15, 0.2) is 0 Å². The number of nitrogens with one attached hydrogen (secondary N) is 1. The fourth-order valence-electron chi connectivity index (χ4n) is 1.11. The van der Waals surface area contributed by atoms with Crippen molar-refractivity contribution >= 4 is 23.2 Å². The summed E-state index contributed by atoms with van der Waals surface area (Å²) < 4.78 is 0. The minimum Gasteiger partial charge on any atom is -0.325 e. The Bertz CT molecular complexity index is 325. The predicted octanol–water partition coefficient (Wildman–Crippen LogP) is 2.95. The van der Waals surface area contributed by atoms with Crippen LogP contribution in [0.25, 0.3) is 0 Å². The average molecular weight is 212 g/mol. The standard InChI is InChI=1S/C11H14ClNO/c1-3-9(12)11(14)13-10-7-5-4-6-8(10)2/h4-7,9H,3H2,1-2H3,(H,13,14). The van der Waals surface area contributed by atoms with Crippen molar-refractivity contribution in [1.82, 2.24) is 0 Å². The van der Waals surface area contributed by atoms with E-state index in [9.17, 15) is 4.79 Å². The predicted molar refractivity (Wildman–Crippen MR) is 59.7 cm³/mol. The van der Waals surface area contributed by atoms with Gasteiger partial charge >= 0.3 is 0 Å². The van der Waals surface area contributed by atoms with Crippen molar-refractivity contribution in [3.8, 4) is 0 Å². The quantitative estimate of drug-likeness (QED) is 0.766. The van der Waals surface area contributed by atoms with Gasteiger partial charge < -0.3 is 5.32 Å². The third-order valence-electron chi connectivity index (χ3n) is 2.05. The van der Waals surface area contributed by atoms with Crippen molar-refractivity contribution in [2.45, 2.75) is 25.6 Å². The summed E-state index contributed by atoms with van der Waals surface area (Å²) in [5.74, 6) is -0.136. The van der Waals surface area contributed by atoms with E-state index < -0.39 is 5.38 Å². The number of rotatable bonds is 3. The van der Waals surface area contributed by atoms with Crippen LogP contribution in [0.5, 0.6) is 0 Å². The lowest BCUT2D eigenvalue weighted by Gasteiger charge is -2.10. The Morgan fingerprint density at radius 1 is 1.50 bits per heavy atom. The molecule has 1 N–H and O–H groups in total. The highest BCUT2D eigenvalue weighted by Crippen LogP contribution is 2.14. The van der Waals surface area contributed by atoms with Gasteiger partial charge in [-0.1, -0.05) is 25.1 Å². The number of carbonyl (C=O) groups excluding carboxylic acids is 1. The summed E-state index contributed by atoms with van der Waals surface area (Å²) >= 11 is 5.81. The molecule has 0 aliphatic rings. The third-order valence-corrected chi connectivity index (χ3v) is 2.55. The van der Waals surface area contributed by atoms with Gasteiger partial charge in [-0.2, -0.15) is 0 Å². The molecule has 1 aromatic carbocycles. The summed E-state index contributed by atoms with van der Waals surface area (Å²) in [5.41, 5.74) is 1.87. The molecule has 1 unspecified atom stereocenters. The zero-order valence-electron chi connectivity index (χ0n) is 8.38. The summed E-state index contributed by atoms with van der Waals surface area (Å²) in [4.78, 5) is 11.5. The summed E-state index contributed by atoms with van der Waals surface area (Å²) in [6, 6.07) is 7.64. The maximum Gasteiger partial charge on any atom is 0.242 e. The van der Waals surface area contributed by atoms with Crippen LogP contribution >= 0.6 is 11.6 Å². The van der Waals surface area contributed by atoms with Crippen LogP contribution in [-0.2, 0) is 4.79 Å². The first kappa shape index (κ1) is 11.1. The SMILES string of the molecule is CCC(Cl)C(=O)Nc1ccccc1C. The van der Waals surface area contributed by atoms with Gasteiger partial charge in [0.2, 0.25) is 5.91 Å². The van der Waals surface area contributed by atoms with E-state index in [-0.39, 0.29) is 5.91 Å². The van der Waals surface area contributed by atoms with Crippen molar-refractivity contribution in [2.75, 3.05) is 5.32 Å². The molecule has 1 rings (SSSR count). The number of benzene rings is 1. The molecule has 0 aromatic heterocycles. The van der Waals surface area contributed by atoms with Crippen molar-refractivity contribution in [1.29, 1.82) is 0 Å². The second kappa shape index (κ2) is 5.01. The van der Waals surface area contributed by atoms with Gasteiger partial charge in [0.05, 0.1) is 0 Å². The molecule has 2 nitrogen and oxygen atoms in total. The number of carbonyl (C=O) groups is 1. The minimum absolute atomic E-state index is 0.136. The molecule has 0 radical (unpaired) electrons. The van der Waals surface area contributed by atoms with E-state index in [4.69, 9.17) is 11.6 Å². The van der Waals surface area contributed by atoms with Crippen molar-refractivity contribution in [3.63, 3.8) is 0 Å². The van der Waals surface area contributed by atoms with Crippen molar-refractivity contribution in [2.24, 2.45) is 0 Å². The van der Waals surface area contributed by atoms with Crippen LogP contribution in [0.4, 0.5) is 5.69 Å². The van der Waals surface area contributed by atoms with Crippen LogP contribution in [-0.4, -0.2) is 11.3 Å². The van der Waals surface area contributed by atoms with Gasteiger partial charge in [-0.15, -0.1) is 11.6 Å². The maximum atomic E-state index is 11.5. The van der Waals surface area contributed by atoms with Crippen molar-refractivity contribution < 1.29 is 4.79 Å². The Morgan fingerprint density at radius 3 is 2.71 bits per heavy atom. The Hall–Kier alpha value is -1.02. The van der Waals surface area contributed by atoms with Gasteiger partial charge in [0.1, 0.15) is 5.38 Å². The molecule has 0 bridgehead atoms. The van der Waals surface area contributed by atoms with E-state index in [0.29, 0.717) is 6.42 Å². The van der Waals surface area contributed by atoms with Crippen LogP contribution in [0.15, 0.2) is 24.3 Å². The third kappa shape index (κ3) is 2.74. The molecule has 76 valence electrons. The largest absolute Gasteiger partial charge is 0.325 e. The van der Waals surface area contributed by atoms with Gasteiger partial charge in [0.25, 0.3) is 0 Å². The average Bonchev–Trinajstić information content (AvgIpc) is 2.20. The van der Waals surface area contributed by atoms with Gasteiger partial charge in [0, 0.05) is 5.69 Å². The lowest BCUT2D eigenvalue weighted by atomic mass is 10.2. The smallest absolute Gasteiger partial charge is 0.242 e. The number of alkyl halides is 1. The summed E-state index contributed by atoms with van der Waals surface area (Å²) in [7, 11) is 0. The van der Waals surface area contributed by atoms with E-state index in [1.165, 1.54) is 0 Å². The number of anilines is 1. The number of halogens is 1. The van der Waals surface area contributed by atoms with E-state index in [2.05, 4.69) is 5.32 Å². The molecule has 0 saturated carbocycles. The Kier molecular flexibility index (Phi) is 3.96. The normalized spacial score (nSPS) is 12.2. The molecule has 0 heterocycles. The molecule has 0 aliphatic carbocycles. The Labute approximate surface area is 89.3 Å². The molecule has 0 fully saturated rings. The van der Waals surface area contributed by atoms with E-state index in [1.807, 2.05) is 38.1 Å². The first-order valence-electron chi connectivity index (χ1n) is 4.65. The van der Waals surface area contributed by atoms with Crippen LogP contribution < -0.4 is 5.32 Å². The van der Waals surface area contributed by atoms with Crippen LogP contribution in [0.2, 0.25) is 0 Å². The number of hydrogen-bond donors (Lipinski definition) is 1. The van der Waals surface area contributed by atoms with Gasteiger partial charge in [-0.3, -0.25) is 4.79 Å². The fraction of sp³-hybridized carbons (Fsp3) is 0.364. The number of amides is 1. The topological polar surface area (TPSA) is 29.1 Å². The monoisotopic (exact) mass is 211 g/mol. The Balaban J connectivity index is 2.70. The van der Waals surface area contributed by atoms with E-state index >= 15 is 0 Å². The molecule has 14 heavy (non-hydrogen) atoms. The maximum absolute atomic E-state index is 11.5. The van der Waals surface area contributed by atoms with Crippen LogP contribution in [0.3, 0.4) is 0 Å². The first-order chi connectivity index (χ1) is 6.65. The van der Waals surface area contributed by atoms with E-state index in [0.717, 1.165) is 11.3 Å². The first-order valence-corrected chi connectivity index (χ1v) is 5.09. The molecule has 0 aliphatic heterocycles. The highest BCUT2D eigenvalue weighted by Gasteiger charge is 2.12. The molecular weight excluding hydrogens is 198 g/mol. The molecule has 0 saturated heterocycles. The van der Waals surface area contributed by atoms with Crippen molar-refractivity contribution in [3.05, 3.63) is 29.8 Å². The van der Waals surface area contributed by atoms with E-state index in [1.54, 1.807) is 0 Å². The lowest BCUT2D eigenvalue weighted by Crippen LogP contribution is -2.22. The number of aryl methyl sites for hydroxylation is 1. The molecule has 3 heteroatoms. The second-order valence-electron chi connectivity index (χ2n) is 3.18. The zero-order chi connectivity index (χ0) is 10.6. The highest BCUT2D eigenvalue weighted by atomic mass is 35.5. The summed E-state index contributed by atoms with van der Waals surface area (Å²) in [6.45, 7) is 3.83. The minimum atomic E-state index is -0.449. The summed E-state index contributed by atoms with van der Waals surface area (Å²) in [6.07, 6.45) is 0.638. The fourth-order valence-corrected chi connectivity index (χ4v) is 1.16. The molecule has 1 amide bonds. The van der Waals surface area contributed by atoms with Gasteiger partial charge in [-0.25, -0.2) is 0 Å². The van der Waals surface area contributed by atoms with Crippen LogP contribution in [0.1, 0.15) is 18.9 Å². The highest BCUT2D eigenvalue weighted by molar-refractivity contribution is 6.32. The molecule has 1 aromatic rings. The zero-order valence-corrected chi connectivity index (χ0v) is 9.14. The number of hydrogen-bond acceptors (Lipinski definition) is 1. The molecule has 1 atom stereocenters. The Morgan fingerprint density at radius 2 is 2.14 bits per heavy atom. The molecule has 0 spiro atoms. The lowest BCUT2D eigenvalue weighted by molar-refractivity contribution is -0.115. The second-order valence-corrected chi connectivity index (χ2v) is 3.71. The molecular formula is C11H14ClNO.